The highest BCUT2D eigenvalue weighted by atomic mass is 79.9. The molecular formula is C20H20BrCl2N3O4. The van der Waals surface area contributed by atoms with Crippen LogP contribution < -0.4 is 20.2 Å². The summed E-state index contributed by atoms with van der Waals surface area (Å²) in [5.41, 5.74) is 3.64. The first-order valence-electron chi connectivity index (χ1n) is 8.82. The zero-order valence-electron chi connectivity index (χ0n) is 16.3. The standard InChI is InChI=1S/C20H20BrCl2N3O4/c1-29-17-10-18(30-2)14(21)8-12(17)11-24-26-20(28)5-3-4-19(27)25-13-6-7-15(22)16(23)9-13/h6-11H,3-5H2,1-2H3,(H,25,27)(H,26,28)/b24-11-. The highest BCUT2D eigenvalue weighted by molar-refractivity contribution is 9.10. The molecule has 2 aromatic rings. The van der Waals surface area contributed by atoms with E-state index in [9.17, 15) is 9.59 Å². The first kappa shape index (κ1) is 24.0. The van der Waals surface area contributed by atoms with Crippen LogP contribution in [0, 0.1) is 0 Å². The van der Waals surface area contributed by atoms with E-state index in [4.69, 9.17) is 32.7 Å². The third kappa shape index (κ3) is 7.19. The predicted octanol–water partition coefficient (Wildman–Crippen LogP) is 5.03. The summed E-state index contributed by atoms with van der Waals surface area (Å²) >= 11 is 15.1. The van der Waals surface area contributed by atoms with E-state index in [0.29, 0.717) is 39.2 Å². The van der Waals surface area contributed by atoms with E-state index in [1.807, 2.05) is 0 Å². The van der Waals surface area contributed by atoms with Crippen molar-refractivity contribution < 1.29 is 19.1 Å². The molecule has 2 amide bonds. The average Bonchev–Trinajstić information content (AvgIpc) is 2.71. The third-order valence-electron chi connectivity index (χ3n) is 3.91. The van der Waals surface area contributed by atoms with Crippen LogP contribution in [0.15, 0.2) is 39.9 Å². The summed E-state index contributed by atoms with van der Waals surface area (Å²) in [6.07, 6.45) is 2.16. The van der Waals surface area contributed by atoms with Crippen LogP contribution >= 0.6 is 39.1 Å². The molecule has 10 heteroatoms. The number of hydrogen-bond donors (Lipinski definition) is 2. The number of nitrogens with one attached hydrogen (secondary N) is 2. The highest BCUT2D eigenvalue weighted by Crippen LogP contribution is 2.32. The second-order valence-electron chi connectivity index (χ2n) is 6.05. The molecule has 7 nitrogen and oxygen atoms in total. The van der Waals surface area contributed by atoms with Crippen LogP contribution in [-0.4, -0.2) is 32.2 Å². The predicted molar refractivity (Wildman–Crippen MR) is 122 cm³/mol. The number of rotatable bonds is 9. The molecule has 2 aromatic carbocycles. The van der Waals surface area contributed by atoms with Gasteiger partial charge in [0.2, 0.25) is 11.8 Å². The minimum Gasteiger partial charge on any atom is -0.496 e. The van der Waals surface area contributed by atoms with Crippen molar-refractivity contribution in [3.63, 3.8) is 0 Å². The smallest absolute Gasteiger partial charge is 0.240 e. The summed E-state index contributed by atoms with van der Waals surface area (Å²) in [5.74, 6) is 0.636. The zero-order valence-corrected chi connectivity index (χ0v) is 19.4. The molecule has 0 atom stereocenters. The number of hydrazone groups is 1. The molecule has 0 bridgehead atoms. The lowest BCUT2D eigenvalue weighted by Crippen LogP contribution is -2.18. The van der Waals surface area contributed by atoms with Crippen LogP contribution in [-0.2, 0) is 9.59 Å². The summed E-state index contributed by atoms with van der Waals surface area (Å²) in [7, 11) is 3.08. The number of nitrogens with zero attached hydrogens (tertiary/aromatic N) is 1. The fourth-order valence-corrected chi connectivity index (χ4v) is 3.24. The summed E-state index contributed by atoms with van der Waals surface area (Å²) in [5, 5.41) is 7.40. The monoisotopic (exact) mass is 515 g/mol. The third-order valence-corrected chi connectivity index (χ3v) is 5.27. The van der Waals surface area contributed by atoms with E-state index in [0.717, 1.165) is 4.47 Å². The molecule has 160 valence electrons. The number of amides is 2. The normalized spacial score (nSPS) is 10.7. The topological polar surface area (TPSA) is 89.0 Å². The fourth-order valence-electron chi connectivity index (χ4n) is 2.42. The Kier molecular flexibility index (Phi) is 9.42. The minimum absolute atomic E-state index is 0.148. The second kappa shape index (κ2) is 11.8. The molecular weight excluding hydrogens is 497 g/mol. The Balaban J connectivity index is 1.79. The Hall–Kier alpha value is -2.29. The number of ether oxygens (including phenoxy) is 2. The lowest BCUT2D eigenvalue weighted by Gasteiger charge is -2.09. The van der Waals surface area contributed by atoms with Crippen molar-refractivity contribution in [2.45, 2.75) is 19.3 Å². The molecule has 0 aliphatic heterocycles. The Bertz CT molecular complexity index is 954. The highest BCUT2D eigenvalue weighted by Gasteiger charge is 2.09. The SMILES string of the molecule is COc1cc(OC)c(/C=N\NC(=O)CCCC(=O)Nc2ccc(Cl)c(Cl)c2)cc1Br. The van der Waals surface area contributed by atoms with E-state index >= 15 is 0 Å². The Morgan fingerprint density at radius 1 is 1.03 bits per heavy atom. The quantitative estimate of drug-likeness (QED) is 0.361. The van der Waals surface area contributed by atoms with Gasteiger partial charge in [0.15, 0.2) is 0 Å². The second-order valence-corrected chi connectivity index (χ2v) is 7.72. The van der Waals surface area contributed by atoms with Crippen molar-refractivity contribution in [1.29, 1.82) is 0 Å². The van der Waals surface area contributed by atoms with Gasteiger partial charge in [-0.3, -0.25) is 9.59 Å². The molecule has 0 aliphatic carbocycles. The van der Waals surface area contributed by atoms with Crippen LogP contribution in [0.3, 0.4) is 0 Å². The molecule has 0 fully saturated rings. The number of halogens is 3. The number of benzene rings is 2. The van der Waals surface area contributed by atoms with Gasteiger partial charge in [-0.2, -0.15) is 5.10 Å². The van der Waals surface area contributed by atoms with Crippen molar-refractivity contribution in [3.05, 3.63) is 50.4 Å². The van der Waals surface area contributed by atoms with Crippen LogP contribution in [0.5, 0.6) is 11.5 Å². The van der Waals surface area contributed by atoms with Gasteiger partial charge in [-0.25, -0.2) is 5.43 Å². The molecule has 30 heavy (non-hydrogen) atoms. The van der Waals surface area contributed by atoms with E-state index in [1.165, 1.54) is 13.3 Å². The molecule has 0 aliphatic rings. The van der Waals surface area contributed by atoms with Crippen LogP contribution in [0.4, 0.5) is 5.69 Å². The maximum Gasteiger partial charge on any atom is 0.240 e. The van der Waals surface area contributed by atoms with Gasteiger partial charge < -0.3 is 14.8 Å². The lowest BCUT2D eigenvalue weighted by molar-refractivity contribution is -0.121. The van der Waals surface area contributed by atoms with Gasteiger partial charge >= 0.3 is 0 Å². The van der Waals surface area contributed by atoms with Gasteiger partial charge in [-0.15, -0.1) is 0 Å². The fraction of sp³-hybridized carbons (Fsp3) is 0.250. The van der Waals surface area contributed by atoms with E-state index in [2.05, 4.69) is 31.8 Å². The molecule has 0 heterocycles. The number of carbonyl (C=O) groups is 2. The maximum absolute atomic E-state index is 12.0. The van der Waals surface area contributed by atoms with Gasteiger partial charge in [-0.05, 0) is 46.6 Å². The number of anilines is 1. The van der Waals surface area contributed by atoms with Gasteiger partial charge in [0, 0.05) is 30.2 Å². The summed E-state index contributed by atoms with van der Waals surface area (Å²) in [4.78, 5) is 23.9. The maximum atomic E-state index is 12.0. The number of methoxy groups -OCH3 is 2. The van der Waals surface area contributed by atoms with E-state index in [-0.39, 0.29) is 24.7 Å². The number of carbonyl (C=O) groups excluding carboxylic acids is 2. The molecule has 2 rings (SSSR count). The van der Waals surface area contributed by atoms with Crippen LogP contribution in [0.25, 0.3) is 0 Å². The van der Waals surface area contributed by atoms with Crippen molar-refractivity contribution in [3.8, 4) is 11.5 Å². The van der Waals surface area contributed by atoms with Gasteiger partial charge in [0.25, 0.3) is 0 Å². The van der Waals surface area contributed by atoms with Gasteiger partial charge in [0.1, 0.15) is 11.5 Å². The Morgan fingerprint density at radius 2 is 1.73 bits per heavy atom. The largest absolute Gasteiger partial charge is 0.496 e. The molecule has 0 radical (unpaired) electrons. The zero-order chi connectivity index (χ0) is 22.1. The van der Waals surface area contributed by atoms with E-state index < -0.39 is 0 Å². The summed E-state index contributed by atoms with van der Waals surface area (Å²) in [6.45, 7) is 0. The Labute approximate surface area is 192 Å². The first-order valence-corrected chi connectivity index (χ1v) is 10.4. The summed E-state index contributed by atoms with van der Waals surface area (Å²) in [6, 6.07) is 8.29. The molecule has 0 aromatic heterocycles. The van der Waals surface area contributed by atoms with Crippen molar-refractivity contribution in [1.82, 2.24) is 5.43 Å². The molecule has 2 N–H and O–H groups in total. The lowest BCUT2D eigenvalue weighted by atomic mass is 10.2. The molecule has 0 saturated carbocycles. The van der Waals surface area contributed by atoms with Gasteiger partial charge in [-0.1, -0.05) is 23.2 Å². The molecule has 0 unspecified atom stereocenters. The Morgan fingerprint density at radius 3 is 2.40 bits per heavy atom. The van der Waals surface area contributed by atoms with Crippen molar-refractivity contribution in [2.75, 3.05) is 19.5 Å². The van der Waals surface area contributed by atoms with Crippen LogP contribution in [0.1, 0.15) is 24.8 Å². The average molecular weight is 517 g/mol. The minimum atomic E-state index is -0.305. The first-order chi connectivity index (χ1) is 14.3. The van der Waals surface area contributed by atoms with Crippen LogP contribution in [0.2, 0.25) is 10.0 Å². The van der Waals surface area contributed by atoms with Crippen molar-refractivity contribution >= 4 is 62.8 Å². The van der Waals surface area contributed by atoms with Crippen molar-refractivity contribution in [2.24, 2.45) is 5.10 Å². The van der Waals surface area contributed by atoms with E-state index in [1.54, 1.807) is 37.4 Å². The summed E-state index contributed by atoms with van der Waals surface area (Å²) < 4.78 is 11.2. The van der Waals surface area contributed by atoms with Gasteiger partial charge in [0.05, 0.1) is 35.0 Å². The number of hydrogen-bond acceptors (Lipinski definition) is 5. The molecule has 0 saturated heterocycles. The molecule has 0 spiro atoms.